The molecule has 5 nitrogen and oxygen atoms in total. The lowest BCUT2D eigenvalue weighted by Crippen LogP contribution is -2.50. The van der Waals surface area contributed by atoms with Crippen LogP contribution >= 0.6 is 11.6 Å². The monoisotopic (exact) mass is 357 g/mol. The van der Waals surface area contributed by atoms with Gasteiger partial charge in [0.15, 0.2) is 0 Å². The Hall–Kier alpha value is -2.37. The first kappa shape index (κ1) is 17.5. The molecule has 0 spiro atoms. The number of para-hydroxylation sites is 1. The lowest BCUT2D eigenvalue weighted by molar-refractivity contribution is -0.117. The summed E-state index contributed by atoms with van der Waals surface area (Å²) in [5, 5.41) is 3.35. The average Bonchev–Trinajstić information content (AvgIpc) is 2.63. The third-order valence-electron chi connectivity index (χ3n) is 4.19. The van der Waals surface area contributed by atoms with Gasteiger partial charge in [-0.3, -0.25) is 14.5 Å². The van der Waals surface area contributed by atoms with Gasteiger partial charge in [0, 0.05) is 31.9 Å². The summed E-state index contributed by atoms with van der Waals surface area (Å²) in [6.45, 7) is 2.82. The Morgan fingerprint density at radius 1 is 0.920 bits per heavy atom. The van der Waals surface area contributed by atoms with E-state index in [1.54, 1.807) is 17.0 Å². The van der Waals surface area contributed by atoms with Gasteiger partial charge in [-0.25, -0.2) is 0 Å². The number of benzene rings is 2. The number of halogens is 1. The zero-order valence-corrected chi connectivity index (χ0v) is 14.6. The van der Waals surface area contributed by atoms with Crippen LogP contribution in [0.5, 0.6) is 0 Å². The molecule has 1 aliphatic heterocycles. The van der Waals surface area contributed by atoms with Crippen molar-refractivity contribution < 1.29 is 9.59 Å². The Morgan fingerprint density at radius 3 is 2.24 bits per heavy atom. The van der Waals surface area contributed by atoms with Crippen LogP contribution in [0.15, 0.2) is 54.6 Å². The van der Waals surface area contributed by atoms with Gasteiger partial charge in [-0.05, 0) is 24.3 Å². The zero-order valence-electron chi connectivity index (χ0n) is 13.8. The number of anilines is 1. The van der Waals surface area contributed by atoms with Crippen LogP contribution in [0.2, 0.25) is 5.02 Å². The van der Waals surface area contributed by atoms with Crippen LogP contribution in [0.25, 0.3) is 0 Å². The van der Waals surface area contributed by atoms with E-state index in [4.69, 9.17) is 11.6 Å². The number of nitrogens with zero attached hydrogens (tertiary/aromatic N) is 2. The summed E-state index contributed by atoms with van der Waals surface area (Å²) in [7, 11) is 0. The fourth-order valence-electron chi connectivity index (χ4n) is 2.84. The highest BCUT2D eigenvalue weighted by Crippen LogP contribution is 2.18. The first-order valence-electron chi connectivity index (χ1n) is 8.24. The van der Waals surface area contributed by atoms with Gasteiger partial charge in [-0.1, -0.05) is 41.9 Å². The number of rotatable bonds is 4. The van der Waals surface area contributed by atoms with Crippen molar-refractivity contribution in [2.45, 2.75) is 0 Å². The highest BCUT2D eigenvalue weighted by atomic mass is 35.5. The second kappa shape index (κ2) is 8.14. The van der Waals surface area contributed by atoms with E-state index in [9.17, 15) is 9.59 Å². The summed E-state index contributed by atoms with van der Waals surface area (Å²) < 4.78 is 0. The molecule has 2 aromatic rings. The molecule has 3 rings (SSSR count). The standard InChI is InChI=1S/C19H20ClN3O2/c20-17-9-5-4-8-16(17)19(25)23-12-10-22(11-13-23)14-18(24)21-15-6-2-1-3-7-15/h1-9H,10-14H2,(H,21,24). The van der Waals surface area contributed by atoms with Gasteiger partial charge >= 0.3 is 0 Å². The number of carbonyl (C=O) groups is 2. The van der Waals surface area contributed by atoms with Gasteiger partial charge in [0.25, 0.3) is 5.91 Å². The van der Waals surface area contributed by atoms with Crippen LogP contribution in [0.4, 0.5) is 5.69 Å². The minimum atomic E-state index is -0.0565. The number of piperazine rings is 1. The summed E-state index contributed by atoms with van der Waals surface area (Å²) in [5.41, 5.74) is 1.32. The Labute approximate surface area is 152 Å². The van der Waals surface area contributed by atoms with Gasteiger partial charge in [-0.2, -0.15) is 0 Å². The van der Waals surface area contributed by atoms with Crippen molar-refractivity contribution in [3.05, 3.63) is 65.2 Å². The molecule has 1 aliphatic rings. The molecule has 0 aliphatic carbocycles. The maximum Gasteiger partial charge on any atom is 0.255 e. The van der Waals surface area contributed by atoms with Crippen LogP contribution in [-0.4, -0.2) is 54.3 Å². The Balaban J connectivity index is 1.49. The molecule has 6 heteroatoms. The van der Waals surface area contributed by atoms with Crippen LogP contribution in [-0.2, 0) is 4.79 Å². The fraction of sp³-hybridized carbons (Fsp3) is 0.263. The molecule has 1 heterocycles. The zero-order chi connectivity index (χ0) is 17.6. The average molecular weight is 358 g/mol. The Bertz CT molecular complexity index is 743. The van der Waals surface area contributed by atoms with E-state index in [0.29, 0.717) is 43.3 Å². The van der Waals surface area contributed by atoms with E-state index >= 15 is 0 Å². The van der Waals surface area contributed by atoms with Crippen molar-refractivity contribution in [1.29, 1.82) is 0 Å². The van der Waals surface area contributed by atoms with Gasteiger partial charge in [0.2, 0.25) is 5.91 Å². The number of amides is 2. The molecule has 1 saturated heterocycles. The largest absolute Gasteiger partial charge is 0.336 e. The maximum absolute atomic E-state index is 12.5. The van der Waals surface area contributed by atoms with Crippen molar-refractivity contribution in [2.24, 2.45) is 0 Å². The summed E-state index contributed by atoms with van der Waals surface area (Å²) >= 11 is 6.10. The van der Waals surface area contributed by atoms with E-state index in [1.807, 2.05) is 42.5 Å². The van der Waals surface area contributed by atoms with E-state index in [0.717, 1.165) is 5.69 Å². The molecule has 0 aromatic heterocycles. The highest BCUT2D eigenvalue weighted by molar-refractivity contribution is 6.33. The molecule has 2 aromatic carbocycles. The van der Waals surface area contributed by atoms with Gasteiger partial charge < -0.3 is 10.2 Å². The second-order valence-electron chi connectivity index (χ2n) is 5.96. The summed E-state index contributed by atoms with van der Waals surface area (Å²) in [4.78, 5) is 28.5. The highest BCUT2D eigenvalue weighted by Gasteiger charge is 2.24. The van der Waals surface area contributed by atoms with Gasteiger partial charge in [0.05, 0.1) is 17.1 Å². The van der Waals surface area contributed by atoms with E-state index in [-0.39, 0.29) is 11.8 Å². The first-order valence-corrected chi connectivity index (χ1v) is 8.62. The van der Waals surface area contributed by atoms with E-state index < -0.39 is 0 Å². The number of nitrogens with one attached hydrogen (secondary N) is 1. The van der Waals surface area contributed by atoms with Crippen molar-refractivity contribution in [3.8, 4) is 0 Å². The number of hydrogen-bond donors (Lipinski definition) is 1. The first-order chi connectivity index (χ1) is 12.1. The molecule has 130 valence electrons. The quantitative estimate of drug-likeness (QED) is 0.915. The molecule has 0 atom stereocenters. The van der Waals surface area contributed by atoms with Crippen LogP contribution in [0, 0.1) is 0 Å². The third kappa shape index (κ3) is 4.59. The summed E-state index contributed by atoms with van der Waals surface area (Å²) in [6.07, 6.45) is 0. The topological polar surface area (TPSA) is 52.7 Å². The van der Waals surface area contributed by atoms with Crippen molar-refractivity contribution in [1.82, 2.24) is 9.80 Å². The Morgan fingerprint density at radius 2 is 1.56 bits per heavy atom. The van der Waals surface area contributed by atoms with Crippen molar-refractivity contribution >= 4 is 29.1 Å². The van der Waals surface area contributed by atoms with Crippen LogP contribution in [0.1, 0.15) is 10.4 Å². The molecule has 0 radical (unpaired) electrons. The molecule has 1 N–H and O–H groups in total. The van der Waals surface area contributed by atoms with E-state index in [1.165, 1.54) is 0 Å². The molecule has 1 fully saturated rings. The van der Waals surface area contributed by atoms with Crippen LogP contribution < -0.4 is 5.32 Å². The van der Waals surface area contributed by atoms with Crippen molar-refractivity contribution in [3.63, 3.8) is 0 Å². The minimum absolute atomic E-state index is 0.0444. The molecular weight excluding hydrogens is 338 g/mol. The molecule has 25 heavy (non-hydrogen) atoms. The fourth-order valence-corrected chi connectivity index (χ4v) is 3.06. The predicted molar refractivity (Wildman–Crippen MR) is 98.9 cm³/mol. The predicted octanol–water partition coefficient (Wildman–Crippen LogP) is 2.74. The Kier molecular flexibility index (Phi) is 5.68. The van der Waals surface area contributed by atoms with E-state index in [2.05, 4.69) is 10.2 Å². The second-order valence-corrected chi connectivity index (χ2v) is 6.37. The van der Waals surface area contributed by atoms with Crippen LogP contribution in [0.3, 0.4) is 0 Å². The minimum Gasteiger partial charge on any atom is -0.336 e. The lowest BCUT2D eigenvalue weighted by atomic mass is 10.2. The lowest BCUT2D eigenvalue weighted by Gasteiger charge is -2.34. The third-order valence-corrected chi connectivity index (χ3v) is 4.52. The smallest absolute Gasteiger partial charge is 0.255 e. The molecule has 0 unspecified atom stereocenters. The summed E-state index contributed by atoms with van der Waals surface area (Å²) in [6, 6.07) is 16.5. The SMILES string of the molecule is O=C(CN1CCN(C(=O)c2ccccc2Cl)CC1)Nc1ccccc1. The van der Waals surface area contributed by atoms with Gasteiger partial charge in [-0.15, -0.1) is 0 Å². The molecule has 2 amide bonds. The molecule has 0 bridgehead atoms. The molecular formula is C19H20ClN3O2. The van der Waals surface area contributed by atoms with Gasteiger partial charge in [0.1, 0.15) is 0 Å². The molecule has 0 saturated carbocycles. The van der Waals surface area contributed by atoms with Crippen molar-refractivity contribution in [2.75, 3.05) is 38.0 Å². The number of carbonyl (C=O) groups excluding carboxylic acids is 2. The maximum atomic E-state index is 12.5. The normalized spacial score (nSPS) is 15.0. The number of hydrogen-bond acceptors (Lipinski definition) is 3. The summed E-state index contributed by atoms with van der Waals surface area (Å²) in [5.74, 6) is -0.101.